The van der Waals surface area contributed by atoms with Crippen LogP contribution in [0.25, 0.3) is 0 Å². The first kappa shape index (κ1) is 27.0. The molecule has 2 saturated heterocycles. The minimum atomic E-state index is -5.08. The molecule has 2 heterocycles. The van der Waals surface area contributed by atoms with Crippen LogP contribution in [0.3, 0.4) is 0 Å². The number of rotatable bonds is 5. The lowest BCUT2D eigenvalue weighted by atomic mass is 9.87. The molecule has 0 bridgehead atoms. The SMILES string of the molecule is CC(C)CNC(=O)[C@H]1CCS(=O)(=O)[C@@H]2CN(Cc3ccc(F)cc3)C[C@H]12.O=C(O)C(F)(F)F. The third-order valence-electron chi connectivity index (χ3n) is 5.66. The fourth-order valence-corrected chi connectivity index (χ4v) is 6.17. The first-order valence-corrected chi connectivity index (χ1v) is 12.2. The van der Waals surface area contributed by atoms with Gasteiger partial charge in [0.05, 0.1) is 11.0 Å². The fourth-order valence-electron chi connectivity index (χ4n) is 4.04. The Morgan fingerprint density at radius 3 is 2.27 bits per heavy atom. The molecule has 2 aliphatic heterocycles. The summed E-state index contributed by atoms with van der Waals surface area (Å²) in [5, 5.41) is 9.61. The van der Waals surface area contributed by atoms with Crippen LogP contribution in [0.1, 0.15) is 25.8 Å². The molecule has 186 valence electrons. The predicted octanol–water partition coefficient (Wildman–Crippen LogP) is 2.47. The molecule has 7 nitrogen and oxygen atoms in total. The van der Waals surface area contributed by atoms with Crippen molar-refractivity contribution in [1.82, 2.24) is 10.2 Å². The van der Waals surface area contributed by atoms with Crippen LogP contribution in [0.2, 0.25) is 0 Å². The van der Waals surface area contributed by atoms with Crippen LogP contribution in [-0.2, 0) is 26.0 Å². The number of carbonyl (C=O) groups excluding carboxylic acids is 1. The summed E-state index contributed by atoms with van der Waals surface area (Å²) in [5.41, 5.74) is 0.947. The monoisotopic (exact) mass is 496 g/mol. The van der Waals surface area contributed by atoms with Crippen LogP contribution < -0.4 is 5.32 Å². The Balaban J connectivity index is 0.000000479. The summed E-state index contributed by atoms with van der Waals surface area (Å²) in [7, 11) is -3.17. The number of alkyl halides is 3. The lowest BCUT2D eigenvalue weighted by molar-refractivity contribution is -0.192. The highest BCUT2D eigenvalue weighted by Crippen LogP contribution is 2.37. The van der Waals surface area contributed by atoms with Crippen molar-refractivity contribution < 1.29 is 40.7 Å². The average Bonchev–Trinajstić information content (AvgIpc) is 3.13. The van der Waals surface area contributed by atoms with Crippen LogP contribution >= 0.6 is 0 Å². The van der Waals surface area contributed by atoms with Crippen LogP contribution in [0, 0.1) is 23.6 Å². The van der Waals surface area contributed by atoms with E-state index >= 15 is 0 Å². The molecule has 33 heavy (non-hydrogen) atoms. The molecule has 1 aromatic carbocycles. The molecule has 2 N–H and O–H groups in total. The Morgan fingerprint density at radius 2 is 1.76 bits per heavy atom. The van der Waals surface area contributed by atoms with Crippen molar-refractivity contribution in [2.45, 2.75) is 38.2 Å². The van der Waals surface area contributed by atoms with E-state index in [0.29, 0.717) is 38.5 Å². The molecule has 3 rings (SSSR count). The number of carbonyl (C=O) groups is 2. The molecule has 0 spiro atoms. The highest BCUT2D eigenvalue weighted by Gasteiger charge is 2.50. The maximum absolute atomic E-state index is 13.1. The quantitative estimate of drug-likeness (QED) is 0.607. The summed E-state index contributed by atoms with van der Waals surface area (Å²) in [5.74, 6) is -3.03. The molecular weight excluding hydrogens is 468 g/mol. The number of sulfone groups is 1. The maximum Gasteiger partial charge on any atom is 0.490 e. The Bertz CT molecular complexity index is 935. The second-order valence-electron chi connectivity index (χ2n) is 8.73. The summed E-state index contributed by atoms with van der Waals surface area (Å²) in [4.78, 5) is 23.6. The molecule has 1 aromatic rings. The van der Waals surface area contributed by atoms with E-state index in [1.807, 2.05) is 13.8 Å². The number of carboxylic acids is 1. The van der Waals surface area contributed by atoms with Gasteiger partial charge in [-0.15, -0.1) is 0 Å². The van der Waals surface area contributed by atoms with Crippen molar-refractivity contribution in [3.05, 3.63) is 35.6 Å². The minimum Gasteiger partial charge on any atom is -0.475 e. The second-order valence-corrected chi connectivity index (χ2v) is 11.1. The number of hydrogen-bond donors (Lipinski definition) is 2. The molecule has 2 fully saturated rings. The molecule has 0 radical (unpaired) electrons. The van der Waals surface area contributed by atoms with Gasteiger partial charge >= 0.3 is 12.1 Å². The summed E-state index contributed by atoms with van der Waals surface area (Å²) in [6.07, 6.45) is -4.68. The number of likely N-dealkylation sites (tertiary alicyclic amines) is 1. The number of amides is 1. The van der Waals surface area contributed by atoms with Gasteiger partial charge in [-0.3, -0.25) is 9.69 Å². The van der Waals surface area contributed by atoms with Gasteiger partial charge in [-0.2, -0.15) is 13.2 Å². The van der Waals surface area contributed by atoms with E-state index in [2.05, 4.69) is 10.2 Å². The Labute approximate surface area is 190 Å². The molecule has 2 aliphatic rings. The van der Waals surface area contributed by atoms with Gasteiger partial charge in [0.1, 0.15) is 5.82 Å². The zero-order chi connectivity index (χ0) is 25.0. The van der Waals surface area contributed by atoms with E-state index in [0.717, 1.165) is 5.56 Å². The predicted molar refractivity (Wildman–Crippen MR) is 112 cm³/mol. The zero-order valence-corrected chi connectivity index (χ0v) is 19.1. The highest BCUT2D eigenvalue weighted by molar-refractivity contribution is 7.92. The smallest absolute Gasteiger partial charge is 0.475 e. The number of nitrogens with zero attached hydrogens (tertiary/aromatic N) is 1. The first-order valence-electron chi connectivity index (χ1n) is 10.5. The van der Waals surface area contributed by atoms with Crippen molar-refractivity contribution in [2.24, 2.45) is 17.8 Å². The van der Waals surface area contributed by atoms with Crippen molar-refractivity contribution in [3.63, 3.8) is 0 Å². The number of hydrogen-bond acceptors (Lipinski definition) is 5. The fraction of sp³-hybridized carbons (Fsp3) is 0.619. The molecule has 0 aromatic heterocycles. The number of benzene rings is 1. The number of aliphatic carboxylic acids is 1. The third-order valence-corrected chi connectivity index (χ3v) is 7.89. The van der Waals surface area contributed by atoms with E-state index in [1.54, 1.807) is 12.1 Å². The van der Waals surface area contributed by atoms with E-state index < -0.39 is 27.2 Å². The largest absolute Gasteiger partial charge is 0.490 e. The Hall–Kier alpha value is -2.21. The van der Waals surface area contributed by atoms with Gasteiger partial charge in [-0.05, 0) is 30.0 Å². The topological polar surface area (TPSA) is 104 Å². The average molecular weight is 497 g/mol. The lowest BCUT2D eigenvalue weighted by Gasteiger charge is -2.32. The number of carboxylic acid groups (broad SMARTS) is 1. The van der Waals surface area contributed by atoms with E-state index in [-0.39, 0.29) is 29.3 Å². The number of halogens is 4. The van der Waals surface area contributed by atoms with Gasteiger partial charge < -0.3 is 10.4 Å². The van der Waals surface area contributed by atoms with Gasteiger partial charge in [0.25, 0.3) is 0 Å². The van der Waals surface area contributed by atoms with E-state index in [1.165, 1.54) is 12.1 Å². The van der Waals surface area contributed by atoms with Crippen molar-refractivity contribution in [3.8, 4) is 0 Å². The standard InChI is InChI=1S/C19H27FN2O3S.C2HF3O2/c1-13(2)9-21-19(23)16-7-8-26(24,25)18-12-22(11-17(16)18)10-14-3-5-15(20)6-4-14;3-2(4,5)1(6)7/h3-6,13,16-18H,7-12H2,1-2H3,(H,21,23);(H,6,7)/t16-,17+,18+;/m0./s1. The molecule has 0 aliphatic carbocycles. The normalized spacial score (nSPS) is 24.5. The molecule has 0 unspecified atom stereocenters. The summed E-state index contributed by atoms with van der Waals surface area (Å²) < 4.78 is 69.9. The Kier molecular flexibility index (Phi) is 8.86. The molecular formula is C21H28F4N2O5S. The second kappa shape index (κ2) is 10.8. The summed E-state index contributed by atoms with van der Waals surface area (Å²) in [6, 6.07) is 6.27. The number of fused-ring (bicyclic) bond motifs is 1. The van der Waals surface area contributed by atoms with Gasteiger partial charge in [-0.25, -0.2) is 17.6 Å². The Morgan fingerprint density at radius 1 is 1.18 bits per heavy atom. The van der Waals surface area contributed by atoms with Gasteiger partial charge in [-0.1, -0.05) is 26.0 Å². The minimum absolute atomic E-state index is 0.0211. The summed E-state index contributed by atoms with van der Waals surface area (Å²) >= 11 is 0. The van der Waals surface area contributed by atoms with Crippen molar-refractivity contribution >= 4 is 21.7 Å². The molecule has 3 atom stereocenters. The van der Waals surface area contributed by atoms with E-state index in [9.17, 15) is 30.8 Å². The third kappa shape index (κ3) is 7.66. The maximum atomic E-state index is 13.1. The van der Waals surface area contributed by atoms with Gasteiger partial charge in [0.2, 0.25) is 5.91 Å². The van der Waals surface area contributed by atoms with Crippen LogP contribution in [0.15, 0.2) is 24.3 Å². The van der Waals surface area contributed by atoms with E-state index in [4.69, 9.17) is 9.90 Å². The molecule has 1 amide bonds. The first-order chi connectivity index (χ1) is 15.2. The van der Waals surface area contributed by atoms with Crippen LogP contribution in [-0.4, -0.2) is 67.1 Å². The number of nitrogens with one attached hydrogen (secondary N) is 1. The highest BCUT2D eigenvalue weighted by atomic mass is 32.2. The van der Waals surface area contributed by atoms with Gasteiger partial charge in [0.15, 0.2) is 9.84 Å². The lowest BCUT2D eigenvalue weighted by Crippen LogP contribution is -2.47. The van der Waals surface area contributed by atoms with Crippen LogP contribution in [0.4, 0.5) is 17.6 Å². The van der Waals surface area contributed by atoms with Crippen LogP contribution in [0.5, 0.6) is 0 Å². The van der Waals surface area contributed by atoms with Crippen molar-refractivity contribution in [1.29, 1.82) is 0 Å². The molecule has 0 saturated carbocycles. The molecule has 12 heteroatoms. The summed E-state index contributed by atoms with van der Waals surface area (Å²) in [6.45, 7) is 6.28. The van der Waals surface area contributed by atoms with Crippen molar-refractivity contribution in [2.75, 3.05) is 25.4 Å². The van der Waals surface area contributed by atoms with Gasteiger partial charge in [0, 0.05) is 38.0 Å². The zero-order valence-electron chi connectivity index (χ0n) is 18.3.